The molecular formula is C25H25ClN2O3S. The highest BCUT2D eigenvalue weighted by molar-refractivity contribution is 7.99. The number of hydrogen-bond acceptors (Lipinski definition) is 5. The molecule has 0 fully saturated rings. The van der Waals surface area contributed by atoms with Gasteiger partial charge in [-0.15, -0.1) is 11.8 Å². The van der Waals surface area contributed by atoms with Crippen LogP contribution in [0, 0.1) is 0 Å². The molecule has 0 unspecified atom stereocenters. The molecule has 0 atom stereocenters. The molecule has 0 bridgehead atoms. The summed E-state index contributed by atoms with van der Waals surface area (Å²) in [7, 11) is 0. The molecule has 0 spiro atoms. The Hall–Kier alpha value is -2.96. The molecule has 3 rings (SSSR count). The Bertz CT molecular complexity index is 1040. The predicted molar refractivity (Wildman–Crippen MR) is 132 cm³/mol. The maximum atomic E-state index is 12.0. The maximum absolute atomic E-state index is 12.0. The number of halogens is 1. The third-order valence-electron chi connectivity index (χ3n) is 4.36. The summed E-state index contributed by atoms with van der Waals surface area (Å²) in [6.07, 6.45) is 1.58. The summed E-state index contributed by atoms with van der Waals surface area (Å²) >= 11 is 7.61. The lowest BCUT2D eigenvalue weighted by Gasteiger charge is -2.12. The van der Waals surface area contributed by atoms with Gasteiger partial charge in [-0.3, -0.25) is 4.79 Å². The normalized spacial score (nSPS) is 10.8. The van der Waals surface area contributed by atoms with Crippen LogP contribution in [-0.2, 0) is 17.2 Å². The summed E-state index contributed by atoms with van der Waals surface area (Å²) in [5.74, 6) is 2.07. The van der Waals surface area contributed by atoms with Crippen molar-refractivity contribution in [1.29, 1.82) is 0 Å². The van der Waals surface area contributed by atoms with Crippen LogP contribution in [-0.4, -0.2) is 24.5 Å². The zero-order valence-electron chi connectivity index (χ0n) is 17.8. The van der Waals surface area contributed by atoms with Crippen LogP contribution in [0.15, 0.2) is 77.9 Å². The Kier molecular flexibility index (Phi) is 9.47. The summed E-state index contributed by atoms with van der Waals surface area (Å²) in [5, 5.41) is 4.76. The zero-order chi connectivity index (χ0) is 22.6. The number of carbonyl (C=O) groups excluding carboxylic acids is 1. The molecule has 1 amide bonds. The van der Waals surface area contributed by atoms with Gasteiger partial charge in [0.2, 0.25) is 5.91 Å². The molecule has 0 aliphatic rings. The summed E-state index contributed by atoms with van der Waals surface area (Å²) in [6, 6.07) is 23.1. The fourth-order valence-electron chi connectivity index (χ4n) is 2.81. The van der Waals surface area contributed by atoms with E-state index in [4.69, 9.17) is 21.1 Å². The van der Waals surface area contributed by atoms with Gasteiger partial charge in [-0.25, -0.2) is 5.43 Å². The molecule has 0 saturated carbocycles. The first-order chi connectivity index (χ1) is 15.7. The Balaban J connectivity index is 1.50. The van der Waals surface area contributed by atoms with Gasteiger partial charge in [-0.05, 0) is 47.9 Å². The molecule has 0 aliphatic carbocycles. The van der Waals surface area contributed by atoms with Crippen LogP contribution in [0.5, 0.6) is 11.5 Å². The van der Waals surface area contributed by atoms with Gasteiger partial charge in [0, 0.05) is 10.8 Å². The summed E-state index contributed by atoms with van der Waals surface area (Å²) in [6.45, 7) is 2.89. The number of benzene rings is 3. The van der Waals surface area contributed by atoms with E-state index in [1.807, 2.05) is 79.7 Å². The van der Waals surface area contributed by atoms with Gasteiger partial charge in [0.1, 0.15) is 6.61 Å². The van der Waals surface area contributed by atoms with E-state index < -0.39 is 0 Å². The second-order valence-electron chi connectivity index (χ2n) is 6.79. The molecule has 166 valence electrons. The largest absolute Gasteiger partial charge is 0.490 e. The van der Waals surface area contributed by atoms with Crippen molar-refractivity contribution in [2.75, 3.05) is 12.4 Å². The van der Waals surface area contributed by atoms with Crippen LogP contribution in [0.2, 0.25) is 5.02 Å². The lowest BCUT2D eigenvalue weighted by atomic mass is 10.2. The standard InChI is InChI=1S/C25H25ClN2O3S/c1-2-30-24-14-20(12-13-23(24)31-16-19-8-4-3-5-9-19)15-27-28-25(29)18-32-17-21-10-6-7-11-22(21)26/h3-15H,2,16-18H2,1H3,(H,28,29). The zero-order valence-corrected chi connectivity index (χ0v) is 19.4. The number of rotatable bonds is 11. The van der Waals surface area contributed by atoms with E-state index in [0.29, 0.717) is 41.2 Å². The highest BCUT2D eigenvalue weighted by Crippen LogP contribution is 2.29. The molecule has 0 aromatic heterocycles. The first-order valence-electron chi connectivity index (χ1n) is 10.2. The first-order valence-corrected chi connectivity index (χ1v) is 11.8. The van der Waals surface area contributed by atoms with E-state index in [1.54, 1.807) is 6.21 Å². The van der Waals surface area contributed by atoms with E-state index in [-0.39, 0.29) is 5.91 Å². The number of ether oxygens (including phenoxy) is 2. The Morgan fingerprint density at radius 3 is 2.59 bits per heavy atom. The molecule has 0 saturated heterocycles. The monoisotopic (exact) mass is 468 g/mol. The van der Waals surface area contributed by atoms with Crippen molar-refractivity contribution in [3.63, 3.8) is 0 Å². The maximum Gasteiger partial charge on any atom is 0.250 e. The van der Waals surface area contributed by atoms with Crippen LogP contribution in [0.25, 0.3) is 0 Å². The highest BCUT2D eigenvalue weighted by Gasteiger charge is 2.07. The van der Waals surface area contributed by atoms with Gasteiger partial charge in [-0.1, -0.05) is 60.1 Å². The van der Waals surface area contributed by atoms with Crippen molar-refractivity contribution in [2.45, 2.75) is 19.3 Å². The quantitative estimate of drug-likeness (QED) is 0.289. The minimum Gasteiger partial charge on any atom is -0.490 e. The van der Waals surface area contributed by atoms with E-state index in [0.717, 1.165) is 16.7 Å². The molecule has 3 aromatic carbocycles. The fourth-order valence-corrected chi connectivity index (χ4v) is 3.91. The van der Waals surface area contributed by atoms with Crippen molar-refractivity contribution >= 4 is 35.5 Å². The number of hydrazone groups is 1. The molecule has 0 heterocycles. The highest BCUT2D eigenvalue weighted by atomic mass is 35.5. The minimum atomic E-state index is -0.175. The summed E-state index contributed by atoms with van der Waals surface area (Å²) in [5.41, 5.74) is 5.43. The third-order valence-corrected chi connectivity index (χ3v) is 5.71. The average molecular weight is 469 g/mol. The van der Waals surface area contributed by atoms with Crippen molar-refractivity contribution in [1.82, 2.24) is 5.43 Å². The molecule has 3 aromatic rings. The van der Waals surface area contributed by atoms with Gasteiger partial charge < -0.3 is 9.47 Å². The van der Waals surface area contributed by atoms with Crippen molar-refractivity contribution < 1.29 is 14.3 Å². The Labute approximate surface area is 197 Å². The van der Waals surface area contributed by atoms with E-state index in [2.05, 4.69) is 10.5 Å². The second-order valence-corrected chi connectivity index (χ2v) is 8.18. The van der Waals surface area contributed by atoms with Gasteiger partial charge >= 0.3 is 0 Å². The number of carbonyl (C=O) groups is 1. The van der Waals surface area contributed by atoms with Crippen LogP contribution < -0.4 is 14.9 Å². The van der Waals surface area contributed by atoms with Crippen molar-refractivity contribution in [3.8, 4) is 11.5 Å². The van der Waals surface area contributed by atoms with Gasteiger partial charge in [-0.2, -0.15) is 5.10 Å². The SMILES string of the molecule is CCOc1cc(C=NNC(=O)CSCc2ccccc2Cl)ccc1OCc1ccccc1. The van der Waals surface area contributed by atoms with E-state index in [9.17, 15) is 4.79 Å². The summed E-state index contributed by atoms with van der Waals surface area (Å²) < 4.78 is 11.6. The lowest BCUT2D eigenvalue weighted by Crippen LogP contribution is -2.19. The van der Waals surface area contributed by atoms with Gasteiger partial charge in [0.15, 0.2) is 11.5 Å². The number of thioether (sulfide) groups is 1. The molecule has 0 radical (unpaired) electrons. The molecular weight excluding hydrogens is 444 g/mol. The lowest BCUT2D eigenvalue weighted by molar-refractivity contribution is -0.118. The fraction of sp³-hybridized carbons (Fsp3) is 0.200. The van der Waals surface area contributed by atoms with E-state index in [1.165, 1.54) is 11.8 Å². The summed E-state index contributed by atoms with van der Waals surface area (Å²) in [4.78, 5) is 12.0. The first kappa shape index (κ1) is 23.7. The number of hydrogen-bond donors (Lipinski definition) is 1. The third kappa shape index (κ3) is 7.62. The van der Waals surface area contributed by atoms with Crippen LogP contribution in [0.3, 0.4) is 0 Å². The Morgan fingerprint density at radius 1 is 1.03 bits per heavy atom. The van der Waals surface area contributed by atoms with Gasteiger partial charge in [0.25, 0.3) is 0 Å². The second kappa shape index (κ2) is 12.8. The minimum absolute atomic E-state index is 0.175. The van der Waals surface area contributed by atoms with Crippen molar-refractivity contribution in [2.24, 2.45) is 5.10 Å². The van der Waals surface area contributed by atoms with Crippen LogP contribution in [0.1, 0.15) is 23.6 Å². The predicted octanol–water partition coefficient (Wildman–Crippen LogP) is 5.70. The Morgan fingerprint density at radius 2 is 1.81 bits per heavy atom. The topological polar surface area (TPSA) is 59.9 Å². The number of nitrogens with zero attached hydrogens (tertiary/aromatic N) is 1. The number of amides is 1. The van der Waals surface area contributed by atoms with Gasteiger partial charge in [0.05, 0.1) is 18.6 Å². The molecule has 1 N–H and O–H groups in total. The molecule has 7 heteroatoms. The van der Waals surface area contributed by atoms with E-state index >= 15 is 0 Å². The molecule has 5 nitrogen and oxygen atoms in total. The van der Waals surface area contributed by atoms with Crippen molar-refractivity contribution in [3.05, 3.63) is 94.5 Å². The number of nitrogens with one attached hydrogen (secondary N) is 1. The molecule has 32 heavy (non-hydrogen) atoms. The average Bonchev–Trinajstić information content (AvgIpc) is 2.81. The molecule has 0 aliphatic heterocycles. The van der Waals surface area contributed by atoms with Crippen LogP contribution >= 0.6 is 23.4 Å². The van der Waals surface area contributed by atoms with Crippen LogP contribution in [0.4, 0.5) is 0 Å². The smallest absolute Gasteiger partial charge is 0.250 e.